The first kappa shape index (κ1) is 14.7. The summed E-state index contributed by atoms with van der Waals surface area (Å²) in [6, 6.07) is 10.5. The normalized spacial score (nSPS) is 10.7. The van der Waals surface area contributed by atoms with Crippen LogP contribution in [0.2, 0.25) is 0 Å². The van der Waals surface area contributed by atoms with Crippen molar-refractivity contribution in [3.05, 3.63) is 62.3 Å². The third-order valence-electron chi connectivity index (χ3n) is 3.01. The van der Waals surface area contributed by atoms with Gasteiger partial charge in [0.25, 0.3) is 0 Å². The van der Waals surface area contributed by atoms with E-state index < -0.39 is 0 Å². The number of halogens is 2. The Morgan fingerprint density at radius 3 is 2.74 bits per heavy atom. The van der Waals surface area contributed by atoms with Crippen LogP contribution in [0.1, 0.15) is 16.8 Å². The van der Waals surface area contributed by atoms with Crippen LogP contribution < -0.4 is 5.32 Å². The molecule has 0 fully saturated rings. The molecule has 1 heterocycles. The number of nitrogens with zero attached hydrogens (tertiary/aromatic N) is 1. The van der Waals surface area contributed by atoms with Gasteiger partial charge in [0.05, 0.1) is 5.69 Å². The van der Waals surface area contributed by atoms with Gasteiger partial charge in [0.2, 0.25) is 0 Å². The lowest BCUT2D eigenvalue weighted by atomic mass is 10.1. The molecule has 2 nitrogen and oxygen atoms in total. The van der Waals surface area contributed by atoms with E-state index >= 15 is 0 Å². The number of nitrogens with one attached hydrogen (secondary N) is 1. The molecule has 19 heavy (non-hydrogen) atoms. The maximum absolute atomic E-state index is 4.38. The van der Waals surface area contributed by atoms with Crippen LogP contribution in [-0.2, 0) is 13.0 Å². The largest absolute Gasteiger partial charge is 0.311 e. The molecule has 0 aliphatic rings. The molecule has 0 bridgehead atoms. The molecule has 100 valence electrons. The average Bonchev–Trinajstić information content (AvgIpc) is 2.38. The van der Waals surface area contributed by atoms with Gasteiger partial charge in [-0.1, -0.05) is 24.3 Å². The Kier molecular flexibility index (Phi) is 5.55. The summed E-state index contributed by atoms with van der Waals surface area (Å²) < 4.78 is 2.02. The van der Waals surface area contributed by atoms with Crippen LogP contribution in [-0.4, -0.2) is 11.5 Å². The molecule has 0 atom stereocenters. The zero-order valence-electron chi connectivity index (χ0n) is 10.8. The quantitative estimate of drug-likeness (QED) is 0.780. The number of pyridine rings is 1. The molecule has 0 aliphatic carbocycles. The van der Waals surface area contributed by atoms with Crippen molar-refractivity contribution >= 4 is 31.9 Å². The smallest absolute Gasteiger partial charge is 0.0684 e. The molecular weight excluding hydrogens is 368 g/mol. The van der Waals surface area contributed by atoms with Crippen molar-refractivity contribution in [2.45, 2.75) is 19.9 Å². The first-order valence-electron chi connectivity index (χ1n) is 6.22. The lowest BCUT2D eigenvalue weighted by Gasteiger charge is -2.08. The first-order valence-corrected chi connectivity index (χ1v) is 7.80. The highest BCUT2D eigenvalue weighted by Gasteiger charge is 2.02. The Morgan fingerprint density at radius 2 is 2.00 bits per heavy atom. The minimum absolute atomic E-state index is 0.778. The van der Waals surface area contributed by atoms with Gasteiger partial charge in [0.1, 0.15) is 0 Å². The Bertz CT molecular complexity index is 556. The third-order valence-corrected chi connectivity index (χ3v) is 4.13. The number of hydrogen-bond acceptors (Lipinski definition) is 2. The Morgan fingerprint density at radius 1 is 1.21 bits per heavy atom. The van der Waals surface area contributed by atoms with E-state index in [2.05, 4.69) is 73.3 Å². The van der Waals surface area contributed by atoms with Crippen LogP contribution in [0.3, 0.4) is 0 Å². The van der Waals surface area contributed by atoms with Crippen LogP contribution in [0.4, 0.5) is 0 Å². The summed E-state index contributed by atoms with van der Waals surface area (Å²) in [6.45, 7) is 3.89. The number of rotatable bonds is 5. The van der Waals surface area contributed by atoms with Crippen LogP contribution in [0.15, 0.2) is 45.5 Å². The predicted molar refractivity (Wildman–Crippen MR) is 86.2 cm³/mol. The lowest BCUT2D eigenvalue weighted by Crippen LogP contribution is -2.18. The summed E-state index contributed by atoms with van der Waals surface area (Å²) in [5.41, 5.74) is 3.79. The topological polar surface area (TPSA) is 24.9 Å². The maximum atomic E-state index is 4.38. The number of hydrogen-bond donors (Lipinski definition) is 1. The first-order chi connectivity index (χ1) is 9.16. The second-order valence-corrected chi connectivity index (χ2v) is 6.21. The van der Waals surface area contributed by atoms with Crippen molar-refractivity contribution in [3.8, 4) is 0 Å². The maximum Gasteiger partial charge on any atom is 0.0684 e. The van der Waals surface area contributed by atoms with Crippen LogP contribution in [0.5, 0.6) is 0 Å². The van der Waals surface area contributed by atoms with Gasteiger partial charge in [-0.15, -0.1) is 0 Å². The van der Waals surface area contributed by atoms with E-state index in [1.54, 1.807) is 0 Å². The molecule has 1 aromatic heterocycles. The van der Waals surface area contributed by atoms with Crippen LogP contribution in [0.25, 0.3) is 0 Å². The second kappa shape index (κ2) is 7.17. The lowest BCUT2D eigenvalue weighted by molar-refractivity contribution is 0.671. The molecule has 1 N–H and O–H groups in total. The van der Waals surface area contributed by atoms with E-state index in [1.165, 1.54) is 11.1 Å². The molecule has 0 spiro atoms. The summed E-state index contributed by atoms with van der Waals surface area (Å²) in [5, 5.41) is 3.43. The molecule has 0 saturated heterocycles. The van der Waals surface area contributed by atoms with E-state index in [0.29, 0.717) is 0 Å². The van der Waals surface area contributed by atoms with E-state index in [9.17, 15) is 0 Å². The summed E-state index contributed by atoms with van der Waals surface area (Å²) in [5.74, 6) is 0. The van der Waals surface area contributed by atoms with Crippen molar-refractivity contribution in [2.24, 2.45) is 0 Å². The minimum Gasteiger partial charge on any atom is -0.311 e. The van der Waals surface area contributed by atoms with Gasteiger partial charge in [-0.2, -0.15) is 0 Å². The Balaban J connectivity index is 1.83. The molecule has 0 amide bonds. The summed E-state index contributed by atoms with van der Waals surface area (Å²) in [4.78, 5) is 4.38. The van der Waals surface area contributed by atoms with Gasteiger partial charge in [0, 0.05) is 21.7 Å². The molecule has 1 aromatic carbocycles. The van der Waals surface area contributed by atoms with E-state index in [4.69, 9.17) is 0 Å². The van der Waals surface area contributed by atoms with E-state index in [-0.39, 0.29) is 0 Å². The van der Waals surface area contributed by atoms with Crippen molar-refractivity contribution in [3.63, 3.8) is 0 Å². The monoisotopic (exact) mass is 382 g/mol. The number of aromatic nitrogens is 1. The SMILES string of the molecule is Cc1ccccc1CCNCc1ncc(Br)cc1Br. The number of benzene rings is 1. The summed E-state index contributed by atoms with van der Waals surface area (Å²) in [6.07, 6.45) is 2.87. The number of aryl methyl sites for hydroxylation is 1. The fourth-order valence-electron chi connectivity index (χ4n) is 1.89. The van der Waals surface area contributed by atoms with Crippen LogP contribution >= 0.6 is 31.9 Å². The molecule has 0 saturated carbocycles. The van der Waals surface area contributed by atoms with Crippen molar-refractivity contribution < 1.29 is 0 Å². The average molecular weight is 384 g/mol. The molecule has 0 aliphatic heterocycles. The van der Waals surface area contributed by atoms with Gasteiger partial charge in [-0.25, -0.2) is 0 Å². The molecule has 2 rings (SSSR count). The highest BCUT2D eigenvalue weighted by atomic mass is 79.9. The fourth-order valence-corrected chi connectivity index (χ4v) is 3.02. The van der Waals surface area contributed by atoms with Gasteiger partial charge < -0.3 is 5.32 Å². The van der Waals surface area contributed by atoms with E-state index in [0.717, 1.165) is 34.1 Å². The summed E-state index contributed by atoms with van der Waals surface area (Å²) in [7, 11) is 0. The van der Waals surface area contributed by atoms with Gasteiger partial charge >= 0.3 is 0 Å². The Hall–Kier alpha value is -0.710. The third kappa shape index (κ3) is 4.41. The molecule has 4 heteroatoms. The summed E-state index contributed by atoms with van der Waals surface area (Å²) >= 11 is 6.93. The van der Waals surface area contributed by atoms with Crippen molar-refractivity contribution in [1.82, 2.24) is 10.3 Å². The van der Waals surface area contributed by atoms with E-state index in [1.807, 2.05) is 12.3 Å². The Labute approximate surface area is 130 Å². The van der Waals surface area contributed by atoms with Gasteiger partial charge in [0.15, 0.2) is 0 Å². The minimum atomic E-state index is 0.778. The zero-order valence-corrected chi connectivity index (χ0v) is 14.0. The second-order valence-electron chi connectivity index (χ2n) is 4.44. The fraction of sp³-hybridized carbons (Fsp3) is 0.267. The van der Waals surface area contributed by atoms with Crippen LogP contribution in [0, 0.1) is 6.92 Å². The van der Waals surface area contributed by atoms with Gasteiger partial charge in [-0.05, 0) is 68.9 Å². The molecule has 2 aromatic rings. The van der Waals surface area contributed by atoms with Crippen molar-refractivity contribution in [1.29, 1.82) is 0 Å². The molecular formula is C15H16Br2N2. The molecule has 0 radical (unpaired) electrons. The highest BCUT2D eigenvalue weighted by molar-refractivity contribution is 9.11. The highest BCUT2D eigenvalue weighted by Crippen LogP contribution is 2.19. The zero-order chi connectivity index (χ0) is 13.7. The predicted octanol–water partition coefficient (Wildman–Crippen LogP) is 4.25. The van der Waals surface area contributed by atoms with Crippen molar-refractivity contribution in [2.75, 3.05) is 6.54 Å². The molecule has 0 unspecified atom stereocenters. The standard InChI is InChI=1S/C15H16Br2N2/c1-11-4-2-3-5-12(11)6-7-18-10-15-14(17)8-13(16)9-19-15/h2-5,8-9,18H,6-7,10H2,1H3. The van der Waals surface area contributed by atoms with Gasteiger partial charge in [-0.3, -0.25) is 4.98 Å².